The second kappa shape index (κ2) is 51.9. The minimum atomic E-state index is -0.949. The molecule has 0 saturated heterocycles. The van der Waals surface area contributed by atoms with Crippen molar-refractivity contribution in [2.75, 3.05) is 6.61 Å². The Balaban J connectivity index is -0.00000105. The van der Waals surface area contributed by atoms with Crippen LogP contribution in [0.5, 0.6) is 0 Å². The van der Waals surface area contributed by atoms with E-state index in [1.54, 1.807) is 0 Å². The molecule has 55 heavy (non-hydrogen) atoms. The first-order valence-corrected chi connectivity index (χ1v) is 25.6. The van der Waals surface area contributed by atoms with Crippen molar-refractivity contribution in [2.45, 2.75) is 324 Å². The van der Waals surface area contributed by atoms with Crippen LogP contribution in [0.15, 0.2) is 0 Å². The van der Waals surface area contributed by atoms with E-state index in [0.717, 1.165) is 51.6 Å². The maximum absolute atomic E-state index is 10.9. The molecule has 2 atom stereocenters. The maximum atomic E-state index is 10.9. The molecule has 4 heteroatoms. The minimum absolute atomic E-state index is 0.237. The summed E-state index contributed by atoms with van der Waals surface area (Å²) in [7, 11) is 0. The molecule has 0 aliphatic rings. The summed E-state index contributed by atoms with van der Waals surface area (Å²) in [6.45, 7) is 17.9. The number of rotatable bonds is 43. The number of hydrogen-bond acceptors (Lipinski definition) is 4. The second-order valence-corrected chi connectivity index (χ2v) is 17.0. The number of aliphatic hydroxyl groups excluding tert-OH is 1. The molecule has 0 rings (SSSR count). The molecular weight excluding hydrogens is 677 g/mol. The molecular formula is C51H108O4. The summed E-state index contributed by atoms with van der Waals surface area (Å²) >= 11 is 0. The maximum Gasteiger partial charge on any atom is 0.162 e. The SMILES string of the molecule is CC.CCCCCCCCCCCCC(C)(O)OC(CCCCCCCC)CCCCCCCC.CCCCCCCCCCCOC(O)CCCCCC. The fraction of sp³-hybridized carbons (Fsp3) is 1.00. The number of hydrogen-bond donors (Lipinski definition) is 2. The monoisotopic (exact) mass is 785 g/mol. The van der Waals surface area contributed by atoms with Crippen LogP contribution in [0.2, 0.25) is 0 Å². The summed E-state index contributed by atoms with van der Waals surface area (Å²) in [5.74, 6) is -0.949. The van der Waals surface area contributed by atoms with E-state index in [-0.39, 0.29) is 6.10 Å². The van der Waals surface area contributed by atoms with Crippen LogP contribution >= 0.6 is 0 Å². The molecule has 0 heterocycles. The molecule has 0 fully saturated rings. The van der Waals surface area contributed by atoms with Gasteiger partial charge in [-0.1, -0.05) is 254 Å². The van der Waals surface area contributed by atoms with E-state index in [9.17, 15) is 10.2 Å². The van der Waals surface area contributed by atoms with Gasteiger partial charge in [-0.3, -0.25) is 0 Å². The molecule has 0 amide bonds. The van der Waals surface area contributed by atoms with Crippen LogP contribution in [0.25, 0.3) is 0 Å². The van der Waals surface area contributed by atoms with Crippen LogP contribution in [-0.2, 0) is 9.47 Å². The minimum Gasteiger partial charge on any atom is -0.368 e. The normalized spacial score (nSPS) is 12.9. The average molecular weight is 785 g/mol. The lowest BCUT2D eigenvalue weighted by molar-refractivity contribution is -0.225. The highest BCUT2D eigenvalue weighted by molar-refractivity contribution is 4.68. The molecule has 4 nitrogen and oxygen atoms in total. The highest BCUT2D eigenvalue weighted by Crippen LogP contribution is 2.25. The molecule has 0 saturated carbocycles. The second-order valence-electron chi connectivity index (χ2n) is 17.0. The van der Waals surface area contributed by atoms with Crippen molar-refractivity contribution in [3.63, 3.8) is 0 Å². The quantitative estimate of drug-likeness (QED) is 0.0478. The summed E-state index contributed by atoms with van der Waals surface area (Å²) in [6.07, 6.45) is 49.6. The first kappa shape index (κ1) is 59.2. The van der Waals surface area contributed by atoms with E-state index in [0.29, 0.717) is 0 Å². The number of aliphatic hydroxyl groups is 2. The molecule has 0 aromatic rings. The van der Waals surface area contributed by atoms with Gasteiger partial charge in [0.1, 0.15) is 0 Å². The fourth-order valence-electron chi connectivity index (χ4n) is 7.39. The van der Waals surface area contributed by atoms with Gasteiger partial charge in [0, 0.05) is 13.0 Å². The highest BCUT2D eigenvalue weighted by atomic mass is 16.6. The Kier molecular flexibility index (Phi) is 55.8. The van der Waals surface area contributed by atoms with Crippen molar-refractivity contribution < 1.29 is 19.7 Å². The van der Waals surface area contributed by atoms with Gasteiger partial charge >= 0.3 is 0 Å². The van der Waals surface area contributed by atoms with Crippen molar-refractivity contribution in [3.05, 3.63) is 0 Å². The molecule has 0 spiro atoms. The van der Waals surface area contributed by atoms with E-state index in [2.05, 4.69) is 34.6 Å². The molecule has 2 N–H and O–H groups in total. The summed E-state index contributed by atoms with van der Waals surface area (Å²) in [5.41, 5.74) is 0. The molecule has 0 aliphatic heterocycles. The van der Waals surface area contributed by atoms with Crippen molar-refractivity contribution in [2.24, 2.45) is 0 Å². The Morgan fingerprint density at radius 3 is 1.02 bits per heavy atom. The Morgan fingerprint density at radius 2 is 0.655 bits per heavy atom. The van der Waals surface area contributed by atoms with Gasteiger partial charge in [0.2, 0.25) is 0 Å². The van der Waals surface area contributed by atoms with Crippen molar-refractivity contribution in [1.29, 1.82) is 0 Å². The van der Waals surface area contributed by atoms with Crippen molar-refractivity contribution in [3.8, 4) is 0 Å². The topological polar surface area (TPSA) is 58.9 Å². The Bertz CT molecular complexity index is 622. The molecule has 0 aromatic carbocycles. The number of ether oxygens (including phenoxy) is 2. The van der Waals surface area contributed by atoms with Gasteiger partial charge in [-0.15, -0.1) is 0 Å². The van der Waals surface area contributed by atoms with Crippen LogP contribution in [0.3, 0.4) is 0 Å². The third kappa shape index (κ3) is 53.8. The number of unbranched alkanes of at least 4 members (excludes halogenated alkanes) is 30. The Morgan fingerprint density at radius 1 is 0.382 bits per heavy atom. The standard InChI is InChI=1S/C31H64O2.C18H38O2.C2H6/c1-5-8-11-14-17-18-19-20-23-26-29-31(4,32)33-30(27-24-21-15-12-9-6-2)28-25-22-16-13-10-7-3;1-3-5-7-9-10-11-12-13-15-17-20-18(19)16-14-8-6-4-2;1-2/h30,32H,5-29H2,1-4H3;18-19H,3-17H2,1-2H3;1-2H3. The zero-order valence-corrected chi connectivity index (χ0v) is 39.6. The largest absolute Gasteiger partial charge is 0.368 e. The first-order chi connectivity index (χ1) is 26.9. The third-order valence-corrected chi connectivity index (χ3v) is 11.0. The van der Waals surface area contributed by atoms with Gasteiger partial charge in [-0.05, 0) is 45.4 Å². The summed E-state index contributed by atoms with van der Waals surface area (Å²) in [6, 6.07) is 0. The Hall–Kier alpha value is -0.160. The van der Waals surface area contributed by atoms with E-state index in [1.807, 2.05) is 20.8 Å². The lowest BCUT2D eigenvalue weighted by Gasteiger charge is -2.30. The lowest BCUT2D eigenvalue weighted by Crippen LogP contribution is -2.33. The predicted octanol–water partition coefficient (Wildman–Crippen LogP) is 17.7. The van der Waals surface area contributed by atoms with Crippen molar-refractivity contribution >= 4 is 0 Å². The van der Waals surface area contributed by atoms with E-state index >= 15 is 0 Å². The molecule has 0 aromatic heterocycles. The van der Waals surface area contributed by atoms with E-state index in [1.165, 1.54) is 205 Å². The van der Waals surface area contributed by atoms with Crippen LogP contribution < -0.4 is 0 Å². The van der Waals surface area contributed by atoms with Gasteiger partial charge in [-0.25, -0.2) is 0 Å². The Labute approximate surface area is 349 Å². The molecule has 2 unspecified atom stereocenters. The molecule has 0 aliphatic carbocycles. The zero-order chi connectivity index (χ0) is 41.4. The van der Waals surface area contributed by atoms with E-state index < -0.39 is 12.1 Å². The van der Waals surface area contributed by atoms with Gasteiger partial charge < -0.3 is 19.7 Å². The van der Waals surface area contributed by atoms with Crippen LogP contribution in [0.4, 0.5) is 0 Å². The summed E-state index contributed by atoms with van der Waals surface area (Å²) in [5, 5.41) is 20.6. The van der Waals surface area contributed by atoms with Crippen LogP contribution in [0, 0.1) is 0 Å². The van der Waals surface area contributed by atoms with Gasteiger partial charge in [-0.2, -0.15) is 0 Å². The lowest BCUT2D eigenvalue weighted by atomic mass is 10.0. The van der Waals surface area contributed by atoms with Gasteiger partial charge in [0.15, 0.2) is 12.1 Å². The average Bonchev–Trinajstić information content (AvgIpc) is 3.18. The van der Waals surface area contributed by atoms with Crippen molar-refractivity contribution in [1.82, 2.24) is 0 Å². The zero-order valence-electron chi connectivity index (χ0n) is 39.6. The van der Waals surface area contributed by atoms with Crippen LogP contribution in [0.1, 0.15) is 306 Å². The van der Waals surface area contributed by atoms with E-state index in [4.69, 9.17) is 9.47 Å². The van der Waals surface area contributed by atoms with Gasteiger partial charge in [0.05, 0.1) is 6.10 Å². The molecule has 0 radical (unpaired) electrons. The summed E-state index contributed by atoms with van der Waals surface area (Å²) in [4.78, 5) is 0. The predicted molar refractivity (Wildman–Crippen MR) is 247 cm³/mol. The first-order valence-electron chi connectivity index (χ1n) is 25.6. The fourth-order valence-corrected chi connectivity index (χ4v) is 7.39. The molecule has 0 bridgehead atoms. The summed E-state index contributed by atoms with van der Waals surface area (Å²) < 4.78 is 11.8. The van der Waals surface area contributed by atoms with Gasteiger partial charge in [0.25, 0.3) is 0 Å². The third-order valence-electron chi connectivity index (χ3n) is 11.0. The molecule has 336 valence electrons. The smallest absolute Gasteiger partial charge is 0.162 e. The van der Waals surface area contributed by atoms with Crippen LogP contribution in [-0.4, -0.2) is 35.0 Å². The highest BCUT2D eigenvalue weighted by Gasteiger charge is 2.25.